The highest BCUT2D eigenvalue weighted by atomic mass is 16.5. The molecule has 1 amide bonds. The lowest BCUT2D eigenvalue weighted by molar-refractivity contribution is -0.161. The maximum Gasteiger partial charge on any atom is 0.337 e. The number of ether oxygens (including phenoxy) is 3. The number of hydrogen-bond acceptors (Lipinski definition) is 7. The minimum absolute atomic E-state index is 0.0821. The van der Waals surface area contributed by atoms with E-state index in [-0.39, 0.29) is 37.0 Å². The topological polar surface area (TPSA) is 102 Å². The van der Waals surface area contributed by atoms with Crippen LogP contribution in [0.25, 0.3) is 0 Å². The number of carbonyl (C=O) groups is 3. The van der Waals surface area contributed by atoms with Gasteiger partial charge in [-0.25, -0.2) is 4.79 Å². The molecule has 0 saturated heterocycles. The van der Waals surface area contributed by atoms with Gasteiger partial charge < -0.3 is 24.2 Å². The second-order valence-electron chi connectivity index (χ2n) is 9.83. The van der Waals surface area contributed by atoms with Crippen molar-refractivity contribution in [1.29, 1.82) is 0 Å². The first-order chi connectivity index (χ1) is 17.7. The van der Waals surface area contributed by atoms with E-state index in [1.165, 1.54) is 6.92 Å². The molecule has 8 heteroatoms. The number of benzene rings is 2. The largest absolute Gasteiger partial charge is 0.492 e. The summed E-state index contributed by atoms with van der Waals surface area (Å²) in [4.78, 5) is 42.7. The van der Waals surface area contributed by atoms with Crippen LogP contribution in [0.5, 0.6) is 0 Å². The third-order valence-corrected chi connectivity index (χ3v) is 7.95. The number of allylic oxidation sites excluding steroid dienone is 1. The van der Waals surface area contributed by atoms with E-state index in [4.69, 9.17) is 14.2 Å². The third-order valence-electron chi connectivity index (χ3n) is 7.95. The lowest BCUT2D eigenvalue weighted by atomic mass is 9.67. The second kappa shape index (κ2) is 9.03. The molecule has 2 heterocycles. The fourth-order valence-electron chi connectivity index (χ4n) is 6.56. The Kier molecular flexibility index (Phi) is 6.10. The van der Waals surface area contributed by atoms with Gasteiger partial charge in [0, 0.05) is 11.6 Å². The molecule has 1 fully saturated rings. The van der Waals surface area contributed by atoms with Crippen molar-refractivity contribution in [3.05, 3.63) is 77.1 Å². The molecule has 8 nitrogen and oxygen atoms in total. The summed E-state index contributed by atoms with van der Waals surface area (Å²) in [5.41, 5.74) is -1.34. The van der Waals surface area contributed by atoms with Crippen LogP contribution in [-0.2, 0) is 40.6 Å². The summed E-state index contributed by atoms with van der Waals surface area (Å²) in [5, 5.41) is 12.3. The lowest BCUT2D eigenvalue weighted by Crippen LogP contribution is -2.60. The normalized spacial score (nSPS) is 29.8. The molecule has 2 aliphatic heterocycles. The van der Waals surface area contributed by atoms with Gasteiger partial charge in [-0.15, -0.1) is 0 Å². The van der Waals surface area contributed by atoms with Crippen molar-refractivity contribution < 1.29 is 33.7 Å². The molecule has 1 N–H and O–H groups in total. The molecule has 0 bridgehead atoms. The molecule has 0 unspecified atom stereocenters. The molecule has 0 radical (unpaired) electrons. The zero-order valence-corrected chi connectivity index (χ0v) is 21.4. The SMILES string of the molecule is CCOC(=O)C1=C(C)O[C@@H]2[C@H]1[C@@H](C(=O)OCC)[C@@](C)(O)[C@]21C(=O)N(Cc2ccccc2)c2ccccc21. The van der Waals surface area contributed by atoms with Gasteiger partial charge in [0.15, 0.2) is 0 Å². The fourth-order valence-corrected chi connectivity index (χ4v) is 6.56. The van der Waals surface area contributed by atoms with E-state index < -0.39 is 40.9 Å². The van der Waals surface area contributed by atoms with Gasteiger partial charge >= 0.3 is 11.9 Å². The van der Waals surface area contributed by atoms with Gasteiger partial charge in [0.2, 0.25) is 5.91 Å². The summed E-state index contributed by atoms with van der Waals surface area (Å²) in [6, 6.07) is 16.8. The zero-order valence-electron chi connectivity index (χ0n) is 21.4. The Hall–Kier alpha value is -3.65. The van der Waals surface area contributed by atoms with E-state index in [0.29, 0.717) is 11.3 Å². The van der Waals surface area contributed by atoms with Gasteiger partial charge in [-0.3, -0.25) is 9.59 Å². The van der Waals surface area contributed by atoms with Gasteiger partial charge in [-0.2, -0.15) is 0 Å². The molecule has 194 valence electrons. The second-order valence-corrected chi connectivity index (χ2v) is 9.83. The number of amides is 1. The summed E-state index contributed by atoms with van der Waals surface area (Å²) in [6.07, 6.45) is -1.01. The summed E-state index contributed by atoms with van der Waals surface area (Å²) < 4.78 is 17.0. The van der Waals surface area contributed by atoms with E-state index in [1.54, 1.807) is 37.8 Å². The number of nitrogens with zero attached hydrogens (tertiary/aromatic N) is 1. The smallest absolute Gasteiger partial charge is 0.337 e. The average Bonchev–Trinajstić information content (AvgIpc) is 3.39. The Morgan fingerprint density at radius 1 is 1.03 bits per heavy atom. The van der Waals surface area contributed by atoms with Crippen molar-refractivity contribution in [1.82, 2.24) is 0 Å². The zero-order chi connectivity index (χ0) is 26.5. The first-order valence-corrected chi connectivity index (χ1v) is 12.6. The van der Waals surface area contributed by atoms with E-state index in [2.05, 4.69) is 0 Å². The molecule has 1 saturated carbocycles. The van der Waals surface area contributed by atoms with E-state index in [0.717, 1.165) is 5.56 Å². The van der Waals surface area contributed by atoms with Crippen molar-refractivity contribution in [2.45, 2.75) is 51.4 Å². The summed E-state index contributed by atoms with van der Waals surface area (Å²) in [6.45, 7) is 6.95. The summed E-state index contributed by atoms with van der Waals surface area (Å²) in [7, 11) is 0. The molecule has 37 heavy (non-hydrogen) atoms. The lowest BCUT2D eigenvalue weighted by Gasteiger charge is -2.40. The van der Waals surface area contributed by atoms with Gasteiger partial charge in [0.05, 0.1) is 36.9 Å². The molecule has 1 aliphatic carbocycles. The van der Waals surface area contributed by atoms with Crippen LogP contribution in [0.15, 0.2) is 65.9 Å². The number of fused-ring (bicyclic) bond motifs is 4. The van der Waals surface area contributed by atoms with Gasteiger partial charge in [-0.1, -0.05) is 48.5 Å². The standard InChI is InChI=1S/C29H31NO7/c1-5-35-25(31)21-17(3)37-24-22(21)23(26(32)36-6-2)28(4,34)29(24)19-14-10-11-15-20(19)30(27(29)33)16-18-12-8-7-9-13-18/h7-15,22-24,34H,5-6,16H2,1-4H3/t22-,23+,24-,28-,29+/m1/s1. The number of hydrogen-bond donors (Lipinski definition) is 1. The number of aliphatic hydroxyl groups is 1. The molecule has 3 aliphatic rings. The van der Waals surface area contributed by atoms with Crippen molar-refractivity contribution in [3.63, 3.8) is 0 Å². The van der Waals surface area contributed by atoms with E-state index in [9.17, 15) is 19.5 Å². The van der Waals surface area contributed by atoms with Gasteiger partial charge in [0.1, 0.15) is 17.3 Å². The maximum absolute atomic E-state index is 14.6. The van der Waals surface area contributed by atoms with Crippen LogP contribution in [0.4, 0.5) is 5.69 Å². The Morgan fingerprint density at radius 3 is 2.35 bits per heavy atom. The van der Waals surface area contributed by atoms with E-state index in [1.807, 2.05) is 42.5 Å². The predicted octanol–water partition coefficient (Wildman–Crippen LogP) is 3.27. The Morgan fingerprint density at radius 2 is 1.68 bits per heavy atom. The first kappa shape index (κ1) is 25.0. The Labute approximate surface area is 215 Å². The number of rotatable bonds is 6. The van der Waals surface area contributed by atoms with Crippen LogP contribution in [0.2, 0.25) is 0 Å². The Balaban J connectivity index is 1.71. The molecule has 2 aromatic rings. The Bertz CT molecular complexity index is 1280. The van der Waals surface area contributed by atoms with Crippen LogP contribution >= 0.6 is 0 Å². The highest BCUT2D eigenvalue weighted by Crippen LogP contribution is 2.65. The van der Waals surface area contributed by atoms with Crippen LogP contribution in [0.1, 0.15) is 38.8 Å². The molecule has 2 aromatic carbocycles. The van der Waals surface area contributed by atoms with Crippen LogP contribution in [-0.4, -0.2) is 47.9 Å². The molecule has 1 spiro atoms. The maximum atomic E-state index is 14.6. The number of anilines is 1. The number of esters is 2. The first-order valence-electron chi connectivity index (χ1n) is 12.6. The molecule has 5 atom stereocenters. The van der Waals surface area contributed by atoms with Crippen LogP contribution < -0.4 is 4.90 Å². The summed E-state index contributed by atoms with van der Waals surface area (Å²) >= 11 is 0. The molecule has 5 rings (SSSR count). The highest BCUT2D eigenvalue weighted by molar-refractivity contribution is 6.11. The third kappa shape index (κ3) is 3.35. The minimum atomic E-state index is -1.94. The van der Waals surface area contributed by atoms with Crippen LogP contribution in [0, 0.1) is 11.8 Å². The van der Waals surface area contributed by atoms with E-state index >= 15 is 0 Å². The highest BCUT2D eigenvalue weighted by Gasteiger charge is 2.79. The van der Waals surface area contributed by atoms with Gasteiger partial charge in [0.25, 0.3) is 0 Å². The predicted molar refractivity (Wildman–Crippen MR) is 134 cm³/mol. The fraction of sp³-hybridized carbons (Fsp3) is 0.414. The van der Waals surface area contributed by atoms with Crippen molar-refractivity contribution in [2.75, 3.05) is 18.1 Å². The van der Waals surface area contributed by atoms with Crippen molar-refractivity contribution in [2.24, 2.45) is 11.8 Å². The quantitative estimate of drug-likeness (QED) is 0.601. The number of para-hydroxylation sites is 1. The number of carbonyl (C=O) groups excluding carboxylic acids is 3. The average molecular weight is 506 g/mol. The molecular formula is C29H31NO7. The van der Waals surface area contributed by atoms with Crippen molar-refractivity contribution >= 4 is 23.5 Å². The summed E-state index contributed by atoms with van der Waals surface area (Å²) in [5.74, 6) is -3.59. The minimum Gasteiger partial charge on any atom is -0.492 e. The van der Waals surface area contributed by atoms with Crippen molar-refractivity contribution in [3.8, 4) is 0 Å². The molecular weight excluding hydrogens is 474 g/mol. The molecule has 0 aromatic heterocycles. The van der Waals surface area contributed by atoms with Gasteiger partial charge in [-0.05, 0) is 44.9 Å². The van der Waals surface area contributed by atoms with Crippen LogP contribution in [0.3, 0.4) is 0 Å². The monoisotopic (exact) mass is 505 g/mol.